The lowest BCUT2D eigenvalue weighted by Crippen LogP contribution is -2.42. The van der Waals surface area contributed by atoms with E-state index in [0.29, 0.717) is 12.8 Å². The Balaban J connectivity index is 2.04. The van der Waals surface area contributed by atoms with E-state index in [1.165, 1.54) is 0 Å². The first kappa shape index (κ1) is 10.6. The molecular formula is C9H9BrF2N2O. The van der Waals surface area contributed by atoms with E-state index in [1.54, 1.807) is 12.3 Å². The number of aromatic nitrogens is 1. The predicted molar refractivity (Wildman–Crippen MR) is 53.9 cm³/mol. The van der Waals surface area contributed by atoms with Gasteiger partial charge in [-0.05, 0) is 34.8 Å². The standard InChI is InChI=1S/C9H9BrF2N2O/c10-5-3-6(13-4-5)7(15)14-9(1-2-9)8(11)12/h3-4,8,13H,1-2H2,(H,14,15). The van der Waals surface area contributed by atoms with Crippen LogP contribution in [0.25, 0.3) is 0 Å². The Morgan fingerprint density at radius 2 is 2.27 bits per heavy atom. The lowest BCUT2D eigenvalue weighted by Gasteiger charge is -2.15. The third-order valence-electron chi connectivity index (χ3n) is 2.46. The van der Waals surface area contributed by atoms with Crippen molar-refractivity contribution in [3.05, 3.63) is 22.4 Å². The van der Waals surface area contributed by atoms with E-state index in [-0.39, 0.29) is 5.69 Å². The molecule has 2 N–H and O–H groups in total. The fourth-order valence-corrected chi connectivity index (χ4v) is 1.67. The summed E-state index contributed by atoms with van der Waals surface area (Å²) < 4.78 is 25.8. The summed E-state index contributed by atoms with van der Waals surface area (Å²) in [5.41, 5.74) is -0.997. The zero-order valence-electron chi connectivity index (χ0n) is 7.69. The topological polar surface area (TPSA) is 44.9 Å². The molecule has 2 rings (SSSR count). The van der Waals surface area contributed by atoms with Crippen LogP contribution < -0.4 is 5.32 Å². The SMILES string of the molecule is O=C(NC1(C(F)F)CC1)c1cc(Br)c[nH]1. The molecule has 15 heavy (non-hydrogen) atoms. The number of halogens is 3. The molecule has 1 fully saturated rings. The van der Waals surface area contributed by atoms with Crippen molar-refractivity contribution in [3.8, 4) is 0 Å². The maximum absolute atomic E-state index is 12.5. The zero-order chi connectivity index (χ0) is 11.1. The van der Waals surface area contributed by atoms with Crippen molar-refractivity contribution in [2.75, 3.05) is 0 Å². The first-order valence-electron chi connectivity index (χ1n) is 4.48. The number of nitrogens with one attached hydrogen (secondary N) is 2. The fraction of sp³-hybridized carbons (Fsp3) is 0.444. The van der Waals surface area contributed by atoms with Crippen molar-refractivity contribution in [1.82, 2.24) is 10.3 Å². The average Bonchev–Trinajstić information content (AvgIpc) is 2.82. The number of hydrogen-bond donors (Lipinski definition) is 2. The van der Waals surface area contributed by atoms with Gasteiger partial charge in [0, 0.05) is 10.7 Å². The average molecular weight is 279 g/mol. The number of amides is 1. The third-order valence-corrected chi connectivity index (χ3v) is 2.92. The Hall–Kier alpha value is -0.910. The molecule has 0 radical (unpaired) electrons. The second kappa shape index (κ2) is 3.59. The molecule has 0 aromatic carbocycles. The summed E-state index contributed by atoms with van der Waals surface area (Å²) in [6, 6.07) is 1.55. The summed E-state index contributed by atoms with van der Waals surface area (Å²) in [7, 11) is 0. The molecule has 0 spiro atoms. The van der Waals surface area contributed by atoms with Gasteiger partial charge in [-0.2, -0.15) is 0 Å². The molecule has 82 valence electrons. The van der Waals surface area contributed by atoms with Crippen molar-refractivity contribution in [3.63, 3.8) is 0 Å². The van der Waals surface area contributed by atoms with Gasteiger partial charge in [-0.15, -0.1) is 0 Å². The van der Waals surface area contributed by atoms with E-state index in [9.17, 15) is 13.6 Å². The van der Waals surface area contributed by atoms with E-state index in [2.05, 4.69) is 26.2 Å². The highest BCUT2D eigenvalue weighted by Gasteiger charge is 2.52. The zero-order valence-corrected chi connectivity index (χ0v) is 9.27. The first-order valence-corrected chi connectivity index (χ1v) is 5.27. The molecule has 0 bridgehead atoms. The van der Waals surface area contributed by atoms with Crippen LogP contribution in [-0.2, 0) is 0 Å². The van der Waals surface area contributed by atoms with E-state index in [4.69, 9.17) is 0 Å². The van der Waals surface area contributed by atoms with Crippen LogP contribution in [0, 0.1) is 0 Å². The minimum atomic E-state index is -2.50. The van der Waals surface area contributed by atoms with Gasteiger partial charge in [0.1, 0.15) is 11.2 Å². The summed E-state index contributed by atoms with van der Waals surface area (Å²) in [6.07, 6.45) is -0.229. The monoisotopic (exact) mass is 278 g/mol. The number of carbonyl (C=O) groups excluding carboxylic acids is 1. The number of rotatable bonds is 3. The lowest BCUT2D eigenvalue weighted by atomic mass is 10.2. The van der Waals surface area contributed by atoms with Gasteiger partial charge in [-0.3, -0.25) is 4.79 Å². The maximum atomic E-state index is 12.5. The van der Waals surface area contributed by atoms with Crippen LogP contribution in [0.1, 0.15) is 23.3 Å². The van der Waals surface area contributed by atoms with Crippen LogP contribution >= 0.6 is 15.9 Å². The molecular weight excluding hydrogens is 270 g/mol. The van der Waals surface area contributed by atoms with E-state index < -0.39 is 17.9 Å². The highest BCUT2D eigenvalue weighted by atomic mass is 79.9. The maximum Gasteiger partial charge on any atom is 0.268 e. The van der Waals surface area contributed by atoms with Gasteiger partial charge >= 0.3 is 0 Å². The van der Waals surface area contributed by atoms with Crippen LogP contribution in [0.5, 0.6) is 0 Å². The minimum Gasteiger partial charge on any atom is -0.356 e. The molecule has 1 heterocycles. The van der Waals surface area contributed by atoms with Gasteiger partial charge in [-0.25, -0.2) is 8.78 Å². The number of hydrogen-bond acceptors (Lipinski definition) is 1. The molecule has 1 saturated carbocycles. The smallest absolute Gasteiger partial charge is 0.268 e. The van der Waals surface area contributed by atoms with Gasteiger partial charge in [0.25, 0.3) is 12.3 Å². The highest BCUT2D eigenvalue weighted by Crippen LogP contribution is 2.41. The third kappa shape index (κ3) is 2.04. The quantitative estimate of drug-likeness (QED) is 0.876. The molecule has 6 heteroatoms. The second-order valence-corrected chi connectivity index (χ2v) is 4.56. The van der Waals surface area contributed by atoms with Crippen LogP contribution in [0.2, 0.25) is 0 Å². The molecule has 1 aromatic heterocycles. The van der Waals surface area contributed by atoms with Gasteiger partial charge < -0.3 is 10.3 Å². The second-order valence-electron chi connectivity index (χ2n) is 3.64. The van der Waals surface area contributed by atoms with E-state index in [1.807, 2.05) is 0 Å². The number of carbonyl (C=O) groups is 1. The van der Waals surface area contributed by atoms with Crippen molar-refractivity contribution >= 4 is 21.8 Å². The predicted octanol–water partition coefficient (Wildman–Crippen LogP) is 2.30. The van der Waals surface area contributed by atoms with Crippen molar-refractivity contribution in [2.24, 2.45) is 0 Å². The summed E-state index contributed by atoms with van der Waals surface area (Å²) in [6.45, 7) is 0. The molecule has 1 aromatic rings. The van der Waals surface area contributed by atoms with Gasteiger partial charge in [0.15, 0.2) is 0 Å². The summed E-state index contributed by atoms with van der Waals surface area (Å²) in [4.78, 5) is 14.2. The van der Waals surface area contributed by atoms with Crippen LogP contribution in [-0.4, -0.2) is 22.9 Å². The molecule has 0 unspecified atom stereocenters. The van der Waals surface area contributed by atoms with Crippen LogP contribution in [0.3, 0.4) is 0 Å². The normalized spacial score (nSPS) is 17.9. The Morgan fingerprint density at radius 3 is 2.67 bits per heavy atom. The molecule has 1 amide bonds. The molecule has 1 aliphatic carbocycles. The van der Waals surface area contributed by atoms with Crippen LogP contribution in [0.15, 0.2) is 16.7 Å². The van der Waals surface area contributed by atoms with Gasteiger partial charge in [0.2, 0.25) is 0 Å². The highest BCUT2D eigenvalue weighted by molar-refractivity contribution is 9.10. The summed E-state index contributed by atoms with van der Waals surface area (Å²) in [5, 5.41) is 2.36. The van der Waals surface area contributed by atoms with Crippen LogP contribution in [0.4, 0.5) is 8.78 Å². The minimum absolute atomic E-state index is 0.286. The van der Waals surface area contributed by atoms with E-state index in [0.717, 1.165) is 4.47 Å². The Bertz CT molecular complexity index is 387. The van der Waals surface area contributed by atoms with Gasteiger partial charge in [-0.1, -0.05) is 0 Å². The van der Waals surface area contributed by atoms with Gasteiger partial charge in [0.05, 0.1) is 0 Å². The summed E-state index contributed by atoms with van der Waals surface area (Å²) in [5.74, 6) is -0.487. The molecule has 0 saturated heterocycles. The first-order chi connectivity index (χ1) is 7.03. The van der Waals surface area contributed by atoms with Crippen molar-refractivity contribution in [2.45, 2.75) is 24.8 Å². The van der Waals surface area contributed by atoms with Crippen molar-refractivity contribution in [1.29, 1.82) is 0 Å². The Morgan fingerprint density at radius 1 is 1.60 bits per heavy atom. The Labute approximate surface area is 93.4 Å². The number of aromatic amines is 1. The van der Waals surface area contributed by atoms with Crippen molar-refractivity contribution < 1.29 is 13.6 Å². The lowest BCUT2D eigenvalue weighted by molar-refractivity contribution is 0.0677. The fourth-order valence-electron chi connectivity index (χ4n) is 1.32. The number of alkyl halides is 2. The molecule has 1 aliphatic rings. The summed E-state index contributed by atoms with van der Waals surface area (Å²) >= 11 is 3.17. The molecule has 0 aliphatic heterocycles. The number of H-pyrrole nitrogens is 1. The molecule has 0 atom stereocenters. The Kier molecular flexibility index (Phi) is 2.54. The molecule has 3 nitrogen and oxygen atoms in total. The van der Waals surface area contributed by atoms with E-state index >= 15 is 0 Å². The largest absolute Gasteiger partial charge is 0.356 e.